The maximum atomic E-state index is 12.3. The van der Waals surface area contributed by atoms with Crippen LogP contribution >= 0.6 is 18.9 Å². The van der Waals surface area contributed by atoms with Crippen LogP contribution in [0.1, 0.15) is 29.9 Å². The molecule has 0 aliphatic heterocycles. The minimum absolute atomic E-state index is 0.115. The number of carbonyl (C=O) groups is 1. The van der Waals surface area contributed by atoms with E-state index in [1.807, 2.05) is 6.92 Å². The molecule has 0 fully saturated rings. The fourth-order valence-corrected chi connectivity index (χ4v) is 3.07. The summed E-state index contributed by atoms with van der Waals surface area (Å²) >= 11 is 1.04. The van der Waals surface area contributed by atoms with Crippen LogP contribution in [0, 0.1) is 5.92 Å². The van der Waals surface area contributed by atoms with Gasteiger partial charge in [-0.1, -0.05) is 25.2 Å². The maximum absolute atomic E-state index is 12.3. The minimum atomic E-state index is -4.48. The molecule has 0 saturated heterocycles. The number of furan rings is 1. The smallest absolute Gasteiger partial charge is 0.391 e. The molecule has 0 aliphatic rings. The number of hydrogen-bond donors (Lipinski definition) is 3. The third-order valence-electron chi connectivity index (χ3n) is 3.04. The van der Waals surface area contributed by atoms with Crippen LogP contribution in [0.2, 0.25) is 0 Å². The summed E-state index contributed by atoms with van der Waals surface area (Å²) < 4.78 is 16.3. The van der Waals surface area contributed by atoms with Gasteiger partial charge in [0.1, 0.15) is 10.6 Å². The largest absolute Gasteiger partial charge is 0.446 e. The summed E-state index contributed by atoms with van der Waals surface area (Å²) in [6, 6.07) is 2.54. The van der Waals surface area contributed by atoms with E-state index < -0.39 is 13.1 Å². The molecule has 0 amide bonds. The molecule has 2 rings (SSSR count). The Morgan fingerprint density at radius 2 is 2.19 bits per heavy atom. The first-order chi connectivity index (χ1) is 9.74. The highest BCUT2D eigenvalue weighted by Crippen LogP contribution is 2.37. The quantitative estimate of drug-likeness (QED) is 0.565. The van der Waals surface area contributed by atoms with Crippen LogP contribution in [0.25, 0.3) is 11.5 Å². The summed E-state index contributed by atoms with van der Waals surface area (Å²) in [7, 11) is -4.48. The Morgan fingerprint density at radius 1 is 1.52 bits per heavy atom. The van der Waals surface area contributed by atoms with Gasteiger partial charge in [-0.15, -0.1) is 0 Å². The highest BCUT2D eigenvalue weighted by atomic mass is 32.1. The predicted octanol–water partition coefficient (Wildman–Crippen LogP) is 2.02. The Hall–Kier alpha value is -1.47. The minimum Gasteiger partial charge on any atom is -0.446 e. The second-order valence-electron chi connectivity index (χ2n) is 4.59. The number of Topliss-reactive ketones (excluding diaryl/α,β-unsaturated/α-hetero) is 1. The molecule has 0 bridgehead atoms. The van der Waals surface area contributed by atoms with Gasteiger partial charge in [-0.25, -0.2) is 4.98 Å². The van der Waals surface area contributed by atoms with Crippen molar-refractivity contribution in [1.29, 1.82) is 0 Å². The number of aromatic nitrogens is 1. The number of nitrogen functional groups attached to an aromatic ring is 1. The molecule has 2 heterocycles. The zero-order valence-electron chi connectivity index (χ0n) is 11.4. The number of thiazole rings is 1. The van der Waals surface area contributed by atoms with Gasteiger partial charge in [0.05, 0.1) is 0 Å². The van der Waals surface area contributed by atoms with Gasteiger partial charge in [-0.05, 0) is 18.6 Å². The zero-order chi connectivity index (χ0) is 15.8. The predicted molar refractivity (Wildman–Crippen MR) is 79.7 cm³/mol. The van der Waals surface area contributed by atoms with E-state index in [4.69, 9.17) is 19.9 Å². The van der Waals surface area contributed by atoms with Crippen LogP contribution < -0.4 is 11.2 Å². The molecule has 0 aromatic carbocycles. The number of anilines is 1. The Morgan fingerprint density at radius 3 is 2.71 bits per heavy atom. The highest BCUT2D eigenvalue weighted by molar-refractivity contribution is 7.59. The number of carbonyl (C=O) groups excluding carboxylic acids is 1. The second-order valence-corrected chi connectivity index (χ2v) is 7.14. The van der Waals surface area contributed by atoms with Crippen molar-refractivity contribution in [2.45, 2.75) is 20.3 Å². The lowest BCUT2D eigenvalue weighted by Crippen LogP contribution is -2.09. The average Bonchev–Trinajstić information content (AvgIpc) is 3.02. The van der Waals surface area contributed by atoms with E-state index in [-0.39, 0.29) is 28.3 Å². The molecule has 0 saturated carbocycles. The van der Waals surface area contributed by atoms with Crippen molar-refractivity contribution in [3.05, 3.63) is 17.0 Å². The summed E-state index contributed by atoms with van der Waals surface area (Å²) in [5.41, 5.74) is 5.41. The second kappa shape index (κ2) is 5.73. The number of ketones is 1. The summed E-state index contributed by atoms with van der Waals surface area (Å²) in [6.07, 6.45) is 0.669. The molecule has 4 N–H and O–H groups in total. The molecule has 2 aromatic rings. The topological polar surface area (TPSA) is 127 Å². The number of rotatable bonds is 5. The van der Waals surface area contributed by atoms with Gasteiger partial charge in [0.25, 0.3) is 0 Å². The van der Waals surface area contributed by atoms with E-state index in [0.29, 0.717) is 11.3 Å². The van der Waals surface area contributed by atoms with E-state index in [0.717, 1.165) is 11.3 Å². The molecule has 9 heteroatoms. The fraction of sp³-hybridized carbons (Fsp3) is 0.333. The number of hydrogen-bond acceptors (Lipinski definition) is 6. The standard InChI is InChI=1S/C12H15N2O5PS/c1-3-6(2)10(15)11-9(14-12(13)21-11)7-4-5-8(19-7)20(16,17)18/h4-6H,3H2,1-2H3,(H2,13,14)(H2,16,17,18). The summed E-state index contributed by atoms with van der Waals surface area (Å²) in [4.78, 5) is 34.8. The molecule has 1 atom stereocenters. The number of nitrogens with zero attached hydrogens (tertiary/aromatic N) is 1. The zero-order valence-corrected chi connectivity index (χ0v) is 13.1. The van der Waals surface area contributed by atoms with Crippen LogP contribution in [0.5, 0.6) is 0 Å². The van der Waals surface area contributed by atoms with E-state index >= 15 is 0 Å². The van der Waals surface area contributed by atoms with Crippen LogP contribution in [-0.4, -0.2) is 20.6 Å². The molecule has 21 heavy (non-hydrogen) atoms. The van der Waals surface area contributed by atoms with Crippen molar-refractivity contribution in [2.24, 2.45) is 5.92 Å². The van der Waals surface area contributed by atoms with Crippen molar-refractivity contribution in [1.82, 2.24) is 4.98 Å². The van der Waals surface area contributed by atoms with Gasteiger partial charge in [-0.2, -0.15) is 0 Å². The van der Waals surface area contributed by atoms with Crippen LogP contribution in [-0.2, 0) is 4.57 Å². The monoisotopic (exact) mass is 330 g/mol. The van der Waals surface area contributed by atoms with Gasteiger partial charge in [0.2, 0.25) is 5.50 Å². The Balaban J connectivity index is 2.48. The van der Waals surface area contributed by atoms with Crippen LogP contribution in [0.4, 0.5) is 5.13 Å². The summed E-state index contributed by atoms with van der Waals surface area (Å²) in [5.74, 6) is -0.191. The van der Waals surface area contributed by atoms with Crippen LogP contribution in [0.3, 0.4) is 0 Å². The lowest BCUT2D eigenvalue weighted by atomic mass is 10.0. The van der Waals surface area contributed by atoms with Crippen molar-refractivity contribution >= 4 is 35.3 Å². The molecule has 1 unspecified atom stereocenters. The lowest BCUT2D eigenvalue weighted by Gasteiger charge is -2.05. The third-order valence-corrected chi connectivity index (χ3v) is 4.75. The Bertz CT molecular complexity index is 717. The number of nitrogens with two attached hydrogens (primary N) is 1. The van der Waals surface area contributed by atoms with Gasteiger partial charge in [0, 0.05) is 5.92 Å². The van der Waals surface area contributed by atoms with E-state index in [1.54, 1.807) is 6.92 Å². The molecule has 0 radical (unpaired) electrons. The van der Waals surface area contributed by atoms with Crippen molar-refractivity contribution in [3.8, 4) is 11.5 Å². The third kappa shape index (κ3) is 3.24. The molecule has 0 aliphatic carbocycles. The lowest BCUT2D eigenvalue weighted by molar-refractivity contribution is 0.0931. The van der Waals surface area contributed by atoms with Gasteiger partial charge in [0.15, 0.2) is 16.7 Å². The van der Waals surface area contributed by atoms with Gasteiger partial charge >= 0.3 is 7.60 Å². The molecular weight excluding hydrogens is 315 g/mol. The SMILES string of the molecule is CCC(C)C(=O)c1sc(N)nc1-c1ccc(P(=O)(O)O)o1. The first-order valence-electron chi connectivity index (χ1n) is 6.20. The molecule has 2 aromatic heterocycles. The molecule has 7 nitrogen and oxygen atoms in total. The normalized spacial score (nSPS) is 13.3. The molecular formula is C12H15N2O5PS. The highest BCUT2D eigenvalue weighted by Gasteiger charge is 2.27. The van der Waals surface area contributed by atoms with Crippen molar-refractivity contribution in [2.75, 3.05) is 5.73 Å². The van der Waals surface area contributed by atoms with Crippen LogP contribution in [0.15, 0.2) is 16.5 Å². The van der Waals surface area contributed by atoms with Gasteiger partial charge in [-0.3, -0.25) is 9.36 Å². The summed E-state index contributed by atoms with van der Waals surface area (Å²) in [5, 5.41) is 0.200. The van der Waals surface area contributed by atoms with E-state index in [1.165, 1.54) is 12.1 Å². The van der Waals surface area contributed by atoms with E-state index in [9.17, 15) is 9.36 Å². The molecule has 114 valence electrons. The van der Waals surface area contributed by atoms with E-state index in [2.05, 4.69) is 4.98 Å². The molecule has 0 spiro atoms. The first kappa shape index (κ1) is 15.9. The van der Waals surface area contributed by atoms with Crippen molar-refractivity contribution in [3.63, 3.8) is 0 Å². The Labute approximate surface area is 125 Å². The van der Waals surface area contributed by atoms with Gasteiger partial charge < -0.3 is 19.9 Å². The average molecular weight is 330 g/mol. The van der Waals surface area contributed by atoms with Crippen molar-refractivity contribution < 1.29 is 23.6 Å². The first-order valence-corrected chi connectivity index (χ1v) is 8.63. The maximum Gasteiger partial charge on any atom is 0.391 e. The summed E-state index contributed by atoms with van der Waals surface area (Å²) in [6.45, 7) is 3.69. The fourth-order valence-electron chi connectivity index (χ4n) is 1.69. The Kier molecular flexibility index (Phi) is 4.34.